The maximum atomic E-state index is 13.1. The number of hydrogen-bond acceptors (Lipinski definition) is 3. The topological polar surface area (TPSA) is 57.3 Å². The number of nitrogens with one attached hydrogen (secondary N) is 2. The molecule has 2 N–H and O–H groups in total. The summed E-state index contributed by atoms with van der Waals surface area (Å²) in [5.41, 5.74) is 2.92. The second kappa shape index (κ2) is 8.42. The zero-order chi connectivity index (χ0) is 19.5. The van der Waals surface area contributed by atoms with Crippen molar-refractivity contribution in [3.63, 3.8) is 0 Å². The highest BCUT2D eigenvalue weighted by Crippen LogP contribution is 2.37. The van der Waals surface area contributed by atoms with Crippen LogP contribution < -0.4 is 10.2 Å². The Morgan fingerprint density at radius 2 is 2.00 bits per heavy atom. The Morgan fingerprint density at radius 1 is 1.25 bits per heavy atom. The molecule has 4 nitrogen and oxygen atoms in total. The van der Waals surface area contributed by atoms with Gasteiger partial charge in [0.2, 0.25) is 5.91 Å². The van der Waals surface area contributed by atoms with Crippen molar-refractivity contribution in [1.82, 2.24) is 0 Å². The van der Waals surface area contributed by atoms with Gasteiger partial charge in [0.15, 0.2) is 0 Å². The SMILES string of the molecule is N#Cc1c(NC(=O)CC[NH+](Cc2ccc(F)cc2)C2CC2)sc2c1CCCC2. The van der Waals surface area contributed by atoms with E-state index in [2.05, 4.69) is 11.4 Å². The molecule has 1 saturated carbocycles. The average Bonchev–Trinajstić information content (AvgIpc) is 3.48. The second-order valence-corrected chi connectivity index (χ2v) is 8.92. The van der Waals surface area contributed by atoms with Crippen LogP contribution >= 0.6 is 11.3 Å². The Kier molecular flexibility index (Phi) is 5.74. The number of thiophene rings is 1. The number of hydrogen-bond donors (Lipinski definition) is 2. The molecule has 1 aromatic heterocycles. The first kappa shape index (κ1) is 19.1. The molecular formula is C22H25FN3OS+. The number of aryl methyl sites for hydroxylation is 1. The van der Waals surface area contributed by atoms with Crippen LogP contribution in [0.4, 0.5) is 9.39 Å². The van der Waals surface area contributed by atoms with Gasteiger partial charge in [0.25, 0.3) is 0 Å². The fraction of sp³-hybridized carbons (Fsp3) is 0.455. The number of nitriles is 1. The number of carbonyl (C=O) groups excluding carboxylic acids is 1. The Bertz CT molecular complexity index is 896. The molecule has 4 rings (SSSR count). The number of halogens is 1. The van der Waals surface area contributed by atoms with E-state index in [4.69, 9.17) is 0 Å². The Balaban J connectivity index is 1.36. The van der Waals surface area contributed by atoms with Crippen molar-refractivity contribution < 1.29 is 14.1 Å². The van der Waals surface area contributed by atoms with Crippen molar-refractivity contribution in [3.8, 4) is 6.07 Å². The Hall–Kier alpha value is -2.23. The van der Waals surface area contributed by atoms with Crippen molar-refractivity contribution in [2.45, 2.75) is 57.5 Å². The standard InChI is InChI=1S/C22H24FN3OS/c23-16-7-5-15(6-8-16)14-26(17-9-10-17)12-11-21(27)25-22-19(13-24)18-3-1-2-4-20(18)28-22/h5-8,17H,1-4,9-12,14H2,(H,25,27)/p+1. The summed E-state index contributed by atoms with van der Waals surface area (Å²) < 4.78 is 13.1. The van der Waals surface area contributed by atoms with Crippen LogP contribution in [0.5, 0.6) is 0 Å². The molecule has 0 saturated heterocycles. The van der Waals surface area contributed by atoms with Crippen LogP contribution in [0, 0.1) is 17.1 Å². The molecular weight excluding hydrogens is 373 g/mol. The number of nitrogens with zero attached hydrogens (tertiary/aromatic N) is 1. The van der Waals surface area contributed by atoms with Crippen LogP contribution in [0.25, 0.3) is 0 Å². The highest BCUT2D eigenvalue weighted by atomic mass is 32.1. The van der Waals surface area contributed by atoms with Crippen LogP contribution in [0.15, 0.2) is 24.3 Å². The van der Waals surface area contributed by atoms with Crippen LogP contribution in [0.3, 0.4) is 0 Å². The van der Waals surface area contributed by atoms with Crippen molar-refractivity contribution in [2.75, 3.05) is 11.9 Å². The smallest absolute Gasteiger partial charge is 0.230 e. The summed E-state index contributed by atoms with van der Waals surface area (Å²) in [6.07, 6.45) is 7.05. The summed E-state index contributed by atoms with van der Waals surface area (Å²) in [6, 6.07) is 9.54. The van der Waals surface area contributed by atoms with Gasteiger partial charge < -0.3 is 10.2 Å². The lowest BCUT2D eigenvalue weighted by molar-refractivity contribution is -0.924. The van der Waals surface area contributed by atoms with Crippen LogP contribution in [-0.2, 0) is 24.2 Å². The van der Waals surface area contributed by atoms with Crippen LogP contribution in [-0.4, -0.2) is 18.5 Å². The molecule has 1 heterocycles. The number of carbonyl (C=O) groups is 1. The van der Waals surface area contributed by atoms with Gasteiger partial charge in [-0.15, -0.1) is 11.3 Å². The lowest BCUT2D eigenvalue weighted by atomic mass is 9.96. The monoisotopic (exact) mass is 398 g/mol. The van der Waals surface area contributed by atoms with E-state index >= 15 is 0 Å². The third kappa shape index (κ3) is 4.43. The first-order chi connectivity index (χ1) is 13.6. The predicted octanol–water partition coefficient (Wildman–Crippen LogP) is 3.21. The highest BCUT2D eigenvalue weighted by molar-refractivity contribution is 7.16. The summed E-state index contributed by atoms with van der Waals surface area (Å²) in [5.74, 6) is -0.240. The van der Waals surface area contributed by atoms with Crippen molar-refractivity contribution in [3.05, 3.63) is 51.7 Å². The van der Waals surface area contributed by atoms with E-state index < -0.39 is 0 Å². The van der Waals surface area contributed by atoms with E-state index in [-0.39, 0.29) is 11.7 Å². The molecule has 1 atom stereocenters. The van der Waals surface area contributed by atoms with Crippen molar-refractivity contribution >= 4 is 22.2 Å². The van der Waals surface area contributed by atoms with Gasteiger partial charge in [0, 0.05) is 23.3 Å². The minimum Gasteiger partial charge on any atom is -0.328 e. The van der Waals surface area contributed by atoms with E-state index in [9.17, 15) is 14.4 Å². The number of quaternary nitrogens is 1. The molecule has 0 aliphatic heterocycles. The molecule has 0 bridgehead atoms. The van der Waals surface area contributed by atoms with Crippen molar-refractivity contribution in [1.29, 1.82) is 5.26 Å². The quantitative estimate of drug-likeness (QED) is 0.752. The van der Waals surface area contributed by atoms with Crippen LogP contribution in [0.2, 0.25) is 0 Å². The van der Waals surface area contributed by atoms with Gasteiger partial charge in [-0.3, -0.25) is 4.79 Å². The number of amides is 1. The van der Waals surface area contributed by atoms with Gasteiger partial charge in [0.1, 0.15) is 23.4 Å². The molecule has 6 heteroatoms. The van der Waals surface area contributed by atoms with E-state index in [0.29, 0.717) is 18.0 Å². The zero-order valence-electron chi connectivity index (χ0n) is 15.9. The van der Waals surface area contributed by atoms with Crippen molar-refractivity contribution in [2.24, 2.45) is 0 Å². The maximum Gasteiger partial charge on any atom is 0.230 e. The average molecular weight is 399 g/mol. The summed E-state index contributed by atoms with van der Waals surface area (Å²) in [5, 5.41) is 13.3. The predicted molar refractivity (Wildman–Crippen MR) is 108 cm³/mol. The molecule has 1 fully saturated rings. The minimum absolute atomic E-state index is 0.0210. The number of benzene rings is 1. The lowest BCUT2D eigenvalue weighted by Crippen LogP contribution is -3.12. The molecule has 0 spiro atoms. The lowest BCUT2D eigenvalue weighted by Gasteiger charge is -2.19. The van der Waals surface area contributed by atoms with E-state index in [0.717, 1.165) is 54.9 Å². The van der Waals surface area contributed by atoms with Gasteiger partial charge in [-0.25, -0.2) is 4.39 Å². The van der Waals surface area contributed by atoms with E-state index in [1.54, 1.807) is 11.3 Å². The minimum atomic E-state index is -0.219. The largest absolute Gasteiger partial charge is 0.328 e. The first-order valence-corrected chi connectivity index (χ1v) is 10.9. The summed E-state index contributed by atoms with van der Waals surface area (Å²) in [4.78, 5) is 15.2. The second-order valence-electron chi connectivity index (χ2n) is 7.81. The molecule has 1 aromatic carbocycles. The summed E-state index contributed by atoms with van der Waals surface area (Å²) >= 11 is 1.57. The molecule has 2 aromatic rings. The Labute approximate surface area is 169 Å². The third-order valence-electron chi connectivity index (χ3n) is 5.71. The molecule has 2 aliphatic rings. The van der Waals surface area contributed by atoms with E-state index in [1.165, 1.54) is 34.8 Å². The van der Waals surface area contributed by atoms with Gasteiger partial charge >= 0.3 is 0 Å². The molecule has 2 aliphatic carbocycles. The fourth-order valence-corrected chi connectivity index (χ4v) is 5.28. The maximum absolute atomic E-state index is 13.1. The molecule has 28 heavy (non-hydrogen) atoms. The van der Waals surface area contributed by atoms with Gasteiger partial charge in [0.05, 0.1) is 24.6 Å². The summed E-state index contributed by atoms with van der Waals surface area (Å²) in [7, 11) is 0. The first-order valence-electron chi connectivity index (χ1n) is 10.1. The van der Waals surface area contributed by atoms with Gasteiger partial charge in [-0.2, -0.15) is 5.26 Å². The number of anilines is 1. The van der Waals surface area contributed by atoms with E-state index in [1.807, 2.05) is 12.1 Å². The fourth-order valence-electron chi connectivity index (χ4n) is 4.03. The zero-order valence-corrected chi connectivity index (χ0v) is 16.7. The van der Waals surface area contributed by atoms with Gasteiger partial charge in [-0.05, 0) is 43.4 Å². The molecule has 1 unspecified atom stereocenters. The molecule has 146 valence electrons. The molecule has 1 amide bonds. The molecule has 0 radical (unpaired) electrons. The Morgan fingerprint density at radius 3 is 2.71 bits per heavy atom. The number of fused-ring (bicyclic) bond motifs is 1. The normalized spacial score (nSPS) is 16.9. The highest BCUT2D eigenvalue weighted by Gasteiger charge is 2.33. The summed E-state index contributed by atoms with van der Waals surface area (Å²) in [6.45, 7) is 1.57. The van der Waals surface area contributed by atoms with Crippen LogP contribution in [0.1, 0.15) is 53.7 Å². The van der Waals surface area contributed by atoms with Gasteiger partial charge in [-0.1, -0.05) is 12.1 Å². The third-order valence-corrected chi connectivity index (χ3v) is 6.92. The number of rotatable bonds is 7.